The molecule has 0 aromatic rings. The molecule has 0 aromatic heterocycles. The van der Waals surface area contributed by atoms with E-state index < -0.39 is 60.8 Å². The molecule has 0 saturated heterocycles. The molecule has 11 nitrogen and oxygen atoms in total. The summed E-state index contributed by atoms with van der Waals surface area (Å²) >= 11 is 0. The molecule has 0 spiro atoms. The second-order valence-electron chi connectivity index (χ2n) is 7.15. The van der Waals surface area contributed by atoms with Crippen molar-refractivity contribution in [2.45, 2.75) is 63.6 Å². The van der Waals surface area contributed by atoms with Gasteiger partial charge >= 0.3 is 5.97 Å². The van der Waals surface area contributed by atoms with E-state index in [1.807, 2.05) is 0 Å². The Labute approximate surface area is 162 Å². The van der Waals surface area contributed by atoms with Crippen molar-refractivity contribution in [1.29, 1.82) is 0 Å². The fraction of sp³-hybridized carbons (Fsp3) is 0.706. The topological polar surface area (TPSA) is 191 Å². The molecule has 1 aliphatic heterocycles. The monoisotopic (exact) mass is 403 g/mol. The third-order valence-corrected chi connectivity index (χ3v) is 4.20. The minimum Gasteiger partial charge on any atom is -0.480 e. The summed E-state index contributed by atoms with van der Waals surface area (Å²) in [6.45, 7) is 4.03. The van der Waals surface area contributed by atoms with E-state index in [9.17, 15) is 29.7 Å². The number of aliphatic carboxylic acids is 1. The van der Waals surface area contributed by atoms with E-state index in [-0.39, 0.29) is 18.1 Å². The molecule has 0 saturated carbocycles. The van der Waals surface area contributed by atoms with Crippen molar-refractivity contribution in [1.82, 2.24) is 10.6 Å². The van der Waals surface area contributed by atoms with E-state index in [4.69, 9.17) is 15.6 Å². The number of carbonyl (C=O) groups excluding carboxylic acids is 2. The highest BCUT2D eigenvalue weighted by molar-refractivity contribution is 5.94. The van der Waals surface area contributed by atoms with Gasteiger partial charge in [-0.15, -0.1) is 0 Å². The molecule has 0 aliphatic carbocycles. The summed E-state index contributed by atoms with van der Waals surface area (Å²) in [7, 11) is 0. The van der Waals surface area contributed by atoms with Crippen LogP contribution in [0.1, 0.15) is 27.2 Å². The van der Waals surface area contributed by atoms with E-state index in [0.717, 1.165) is 0 Å². The first-order valence-electron chi connectivity index (χ1n) is 8.89. The molecule has 6 atom stereocenters. The number of ether oxygens (including phenoxy) is 1. The number of carboxylic acids is 1. The molecule has 2 amide bonds. The van der Waals surface area contributed by atoms with Crippen LogP contribution in [-0.2, 0) is 19.1 Å². The van der Waals surface area contributed by atoms with Gasteiger partial charge in [0.05, 0.1) is 18.7 Å². The number of aliphatic hydroxyl groups excluding tert-OH is 3. The predicted molar refractivity (Wildman–Crippen MR) is 96.7 cm³/mol. The lowest BCUT2D eigenvalue weighted by atomic mass is 9.92. The van der Waals surface area contributed by atoms with Gasteiger partial charge in [0, 0.05) is 6.92 Å². The lowest BCUT2D eigenvalue weighted by Crippen LogP contribution is -2.62. The Morgan fingerprint density at radius 1 is 1.29 bits per heavy atom. The Bertz CT molecular complexity index is 609. The molecule has 28 heavy (non-hydrogen) atoms. The van der Waals surface area contributed by atoms with Crippen molar-refractivity contribution in [3.63, 3.8) is 0 Å². The van der Waals surface area contributed by atoms with E-state index in [2.05, 4.69) is 10.6 Å². The van der Waals surface area contributed by atoms with E-state index >= 15 is 0 Å². The van der Waals surface area contributed by atoms with Crippen LogP contribution in [0.2, 0.25) is 0 Å². The maximum atomic E-state index is 12.5. The van der Waals surface area contributed by atoms with Crippen LogP contribution in [0.3, 0.4) is 0 Å². The zero-order chi connectivity index (χ0) is 21.6. The molecule has 8 N–H and O–H groups in total. The molecule has 1 aliphatic rings. The van der Waals surface area contributed by atoms with Crippen LogP contribution in [0.4, 0.5) is 0 Å². The highest BCUT2D eigenvalue weighted by atomic mass is 16.5. The second-order valence-corrected chi connectivity index (χ2v) is 7.15. The van der Waals surface area contributed by atoms with Gasteiger partial charge in [0.2, 0.25) is 5.91 Å². The summed E-state index contributed by atoms with van der Waals surface area (Å²) in [5.41, 5.74) is 5.97. The fourth-order valence-corrected chi connectivity index (χ4v) is 2.83. The fourth-order valence-electron chi connectivity index (χ4n) is 2.83. The molecular formula is C17H29N3O8. The Kier molecular flexibility index (Phi) is 8.82. The van der Waals surface area contributed by atoms with Crippen LogP contribution in [0.15, 0.2) is 11.8 Å². The maximum Gasteiger partial charge on any atom is 0.326 e. The van der Waals surface area contributed by atoms with Crippen molar-refractivity contribution < 1.29 is 39.5 Å². The van der Waals surface area contributed by atoms with Gasteiger partial charge in [-0.2, -0.15) is 0 Å². The summed E-state index contributed by atoms with van der Waals surface area (Å²) in [5.74, 6) is -2.91. The first-order chi connectivity index (χ1) is 13.0. The summed E-state index contributed by atoms with van der Waals surface area (Å²) in [6.07, 6.45) is -3.25. The minimum atomic E-state index is -1.67. The van der Waals surface area contributed by atoms with Gasteiger partial charge < -0.3 is 41.5 Å². The van der Waals surface area contributed by atoms with Gasteiger partial charge in [-0.3, -0.25) is 9.59 Å². The molecule has 11 heteroatoms. The minimum absolute atomic E-state index is 0.00308. The predicted octanol–water partition coefficient (Wildman–Crippen LogP) is -2.57. The lowest BCUT2D eigenvalue weighted by Gasteiger charge is -2.39. The summed E-state index contributed by atoms with van der Waals surface area (Å²) in [4.78, 5) is 35.2. The first kappa shape index (κ1) is 23.8. The molecule has 1 heterocycles. The standard InChI is InChI=1S/C17H29N3O8/c1-7(2)4-10(17(26)27)20-16(25)12-5-9(18)13(19-8(3)22)15(28-12)14(24)11(23)6-21/h5,7,9-11,13-15,21,23-24H,4,6,18H2,1-3H3,(H,19,22)(H,20,25)(H,26,27)/t9-,10-,11+,13+,14+,15+/m0/s1. The zero-order valence-corrected chi connectivity index (χ0v) is 16.0. The normalized spacial score (nSPS) is 25.1. The molecule has 1 rings (SSSR count). The number of hydrogen-bond donors (Lipinski definition) is 7. The smallest absolute Gasteiger partial charge is 0.326 e. The van der Waals surface area contributed by atoms with E-state index in [0.29, 0.717) is 0 Å². The Hall–Kier alpha value is -2.21. The van der Waals surface area contributed by atoms with E-state index in [1.165, 1.54) is 13.0 Å². The van der Waals surface area contributed by atoms with Gasteiger partial charge in [-0.1, -0.05) is 13.8 Å². The molecule has 0 radical (unpaired) electrons. The number of carbonyl (C=O) groups is 3. The Balaban J connectivity index is 3.07. The van der Waals surface area contributed by atoms with Crippen LogP contribution in [0.25, 0.3) is 0 Å². The van der Waals surface area contributed by atoms with Gasteiger partial charge in [-0.05, 0) is 18.4 Å². The second kappa shape index (κ2) is 10.4. The molecule has 160 valence electrons. The number of hydrogen-bond acceptors (Lipinski definition) is 8. The van der Waals surface area contributed by atoms with Gasteiger partial charge in [0.1, 0.15) is 24.4 Å². The van der Waals surface area contributed by atoms with Crippen molar-refractivity contribution in [2.24, 2.45) is 11.7 Å². The Morgan fingerprint density at radius 2 is 1.89 bits per heavy atom. The zero-order valence-electron chi connectivity index (χ0n) is 16.0. The third kappa shape index (κ3) is 6.44. The quantitative estimate of drug-likeness (QED) is 0.217. The summed E-state index contributed by atoms with van der Waals surface area (Å²) in [5, 5.41) is 43.1. The highest BCUT2D eigenvalue weighted by Gasteiger charge is 2.42. The van der Waals surface area contributed by atoms with Gasteiger partial charge in [0.15, 0.2) is 5.76 Å². The first-order valence-corrected chi connectivity index (χ1v) is 8.89. The summed E-state index contributed by atoms with van der Waals surface area (Å²) < 4.78 is 5.44. The van der Waals surface area contributed by atoms with Crippen LogP contribution in [0, 0.1) is 5.92 Å². The SMILES string of the molecule is CC(=O)N[C@H]1[C@H]([C@H](O)[C@H](O)CO)OC(C(=O)N[C@@H](CC(C)C)C(=O)O)=C[C@@H]1N. The largest absolute Gasteiger partial charge is 0.480 e. The van der Waals surface area contributed by atoms with Crippen molar-refractivity contribution in [2.75, 3.05) is 6.61 Å². The van der Waals surface area contributed by atoms with Crippen LogP contribution in [-0.4, -0.2) is 81.3 Å². The average Bonchev–Trinajstić information content (AvgIpc) is 2.60. The highest BCUT2D eigenvalue weighted by Crippen LogP contribution is 2.22. The van der Waals surface area contributed by atoms with Crippen molar-refractivity contribution in [3.8, 4) is 0 Å². The van der Waals surface area contributed by atoms with Gasteiger partial charge in [-0.25, -0.2) is 4.79 Å². The lowest BCUT2D eigenvalue weighted by molar-refractivity contribution is -0.144. The molecule has 0 bridgehead atoms. The number of nitrogens with two attached hydrogens (primary N) is 1. The van der Waals surface area contributed by atoms with Crippen molar-refractivity contribution >= 4 is 17.8 Å². The van der Waals surface area contributed by atoms with Crippen LogP contribution < -0.4 is 16.4 Å². The van der Waals surface area contributed by atoms with Crippen LogP contribution in [0.5, 0.6) is 0 Å². The maximum absolute atomic E-state index is 12.5. The molecule has 0 aromatic carbocycles. The number of carboxylic acid groups (broad SMARTS) is 1. The van der Waals surface area contributed by atoms with Gasteiger partial charge in [0.25, 0.3) is 5.91 Å². The average molecular weight is 403 g/mol. The number of nitrogens with one attached hydrogen (secondary N) is 2. The van der Waals surface area contributed by atoms with Crippen molar-refractivity contribution in [3.05, 3.63) is 11.8 Å². The number of amides is 2. The summed E-state index contributed by atoms with van der Waals surface area (Å²) in [6, 6.07) is -3.12. The van der Waals surface area contributed by atoms with E-state index in [1.54, 1.807) is 13.8 Å². The third-order valence-electron chi connectivity index (χ3n) is 4.20. The molecular weight excluding hydrogens is 374 g/mol. The number of rotatable bonds is 9. The molecule has 0 fully saturated rings. The number of aliphatic hydroxyl groups is 3. The van der Waals surface area contributed by atoms with Crippen LogP contribution >= 0.6 is 0 Å². The molecule has 0 unspecified atom stereocenters. The Morgan fingerprint density at radius 3 is 2.36 bits per heavy atom.